The zero-order valence-electron chi connectivity index (χ0n) is 11.1. The number of nitrogens with one attached hydrogen (secondary N) is 1. The highest BCUT2D eigenvalue weighted by molar-refractivity contribution is 7.99. The zero-order chi connectivity index (χ0) is 13.4. The number of carbonyl (C=O) groups excluding carboxylic acids is 1. The van der Waals surface area contributed by atoms with E-state index in [1.807, 2.05) is 6.92 Å². The zero-order valence-corrected chi connectivity index (χ0v) is 11.9. The van der Waals surface area contributed by atoms with Crippen molar-refractivity contribution >= 4 is 17.7 Å². The molecule has 2 unspecified atom stereocenters. The summed E-state index contributed by atoms with van der Waals surface area (Å²) in [6.45, 7) is 2.69. The van der Waals surface area contributed by atoms with Gasteiger partial charge in [0, 0.05) is 18.9 Å². The molecule has 0 bridgehead atoms. The van der Waals surface area contributed by atoms with Crippen LogP contribution in [0.3, 0.4) is 0 Å². The van der Waals surface area contributed by atoms with Gasteiger partial charge in [-0.2, -0.15) is 0 Å². The lowest BCUT2D eigenvalue weighted by Crippen LogP contribution is -2.28. The molecular formula is C12H23NO4S. The Labute approximate surface area is 113 Å². The van der Waals surface area contributed by atoms with Crippen LogP contribution in [0.15, 0.2) is 0 Å². The number of ether oxygens (including phenoxy) is 2. The van der Waals surface area contributed by atoms with E-state index in [0.717, 1.165) is 12.8 Å². The summed E-state index contributed by atoms with van der Waals surface area (Å²) in [5, 5.41) is 12.6. The Morgan fingerprint density at radius 3 is 2.83 bits per heavy atom. The average Bonchev–Trinajstić information content (AvgIpc) is 3.10. The summed E-state index contributed by atoms with van der Waals surface area (Å²) in [6, 6.07) is 0.404. The molecule has 1 saturated carbocycles. The maximum Gasteiger partial charge on any atom is 0.230 e. The normalized spacial score (nSPS) is 18.4. The summed E-state index contributed by atoms with van der Waals surface area (Å²) >= 11 is 1.43. The maximum atomic E-state index is 11.4. The van der Waals surface area contributed by atoms with Gasteiger partial charge in [0.25, 0.3) is 0 Å². The molecular weight excluding hydrogens is 254 g/mol. The maximum absolute atomic E-state index is 11.4. The monoisotopic (exact) mass is 277 g/mol. The van der Waals surface area contributed by atoms with Gasteiger partial charge >= 0.3 is 0 Å². The number of thioether (sulfide) groups is 1. The van der Waals surface area contributed by atoms with Crippen molar-refractivity contribution in [3.05, 3.63) is 0 Å². The molecule has 1 aliphatic rings. The molecule has 2 N–H and O–H groups in total. The van der Waals surface area contributed by atoms with Gasteiger partial charge in [-0.05, 0) is 19.8 Å². The molecule has 18 heavy (non-hydrogen) atoms. The minimum Gasteiger partial charge on any atom is -0.390 e. The largest absolute Gasteiger partial charge is 0.390 e. The van der Waals surface area contributed by atoms with Crippen molar-refractivity contribution in [2.24, 2.45) is 0 Å². The lowest BCUT2D eigenvalue weighted by Gasteiger charge is -2.15. The molecule has 106 valence electrons. The second kappa shape index (κ2) is 8.74. The summed E-state index contributed by atoms with van der Waals surface area (Å²) in [5.74, 6) is 0.974. The Kier molecular flexibility index (Phi) is 7.65. The fraction of sp³-hybridized carbons (Fsp3) is 0.917. The molecule has 0 spiro atoms. The minimum atomic E-state index is -0.539. The first kappa shape index (κ1) is 15.8. The number of aliphatic hydroxyl groups is 1. The van der Waals surface area contributed by atoms with Crippen LogP contribution in [0, 0.1) is 0 Å². The van der Waals surface area contributed by atoms with Gasteiger partial charge in [0.2, 0.25) is 5.91 Å². The van der Waals surface area contributed by atoms with Crippen molar-refractivity contribution in [1.82, 2.24) is 5.32 Å². The van der Waals surface area contributed by atoms with Gasteiger partial charge in [0.15, 0.2) is 0 Å². The summed E-state index contributed by atoms with van der Waals surface area (Å²) in [6.07, 6.45) is 1.64. The van der Waals surface area contributed by atoms with Crippen molar-refractivity contribution in [3.8, 4) is 0 Å². The molecule has 6 heteroatoms. The Balaban J connectivity index is 1.95. The van der Waals surface area contributed by atoms with Crippen LogP contribution in [0.5, 0.6) is 0 Å². The van der Waals surface area contributed by atoms with Crippen LogP contribution in [0.4, 0.5) is 0 Å². The van der Waals surface area contributed by atoms with Crippen molar-refractivity contribution < 1.29 is 19.4 Å². The fourth-order valence-corrected chi connectivity index (χ4v) is 2.15. The van der Waals surface area contributed by atoms with E-state index in [1.165, 1.54) is 11.8 Å². The van der Waals surface area contributed by atoms with E-state index < -0.39 is 6.10 Å². The fourth-order valence-electron chi connectivity index (χ4n) is 1.39. The molecule has 1 fully saturated rings. The van der Waals surface area contributed by atoms with Crippen molar-refractivity contribution in [2.75, 3.05) is 31.8 Å². The van der Waals surface area contributed by atoms with E-state index in [2.05, 4.69) is 5.32 Å². The van der Waals surface area contributed by atoms with Gasteiger partial charge in [-0.1, -0.05) is 0 Å². The molecule has 5 nitrogen and oxygen atoms in total. The van der Waals surface area contributed by atoms with Crippen LogP contribution in [-0.4, -0.2) is 61.1 Å². The standard InChI is InChI=1S/C12H23NO4S/c1-9(5-16-2)17-6-11(14)7-18-8-12(15)13-10-3-4-10/h9-11,14H,3-8H2,1-2H3,(H,13,15). The van der Waals surface area contributed by atoms with Crippen molar-refractivity contribution in [3.63, 3.8) is 0 Å². The molecule has 1 rings (SSSR count). The molecule has 1 amide bonds. The summed E-state index contributed by atoms with van der Waals surface area (Å²) in [5.41, 5.74) is 0. The number of rotatable bonds is 10. The Bertz CT molecular complexity index is 248. The number of hydrogen-bond acceptors (Lipinski definition) is 5. The van der Waals surface area contributed by atoms with E-state index in [-0.39, 0.29) is 18.6 Å². The molecule has 0 aromatic carbocycles. The highest BCUT2D eigenvalue weighted by Crippen LogP contribution is 2.18. The Hall–Kier alpha value is -0.300. The van der Waals surface area contributed by atoms with Crippen LogP contribution in [0.2, 0.25) is 0 Å². The number of carbonyl (C=O) groups is 1. The highest BCUT2D eigenvalue weighted by Gasteiger charge is 2.23. The van der Waals surface area contributed by atoms with Gasteiger partial charge in [0.1, 0.15) is 0 Å². The van der Waals surface area contributed by atoms with E-state index in [1.54, 1.807) is 7.11 Å². The molecule has 0 aromatic rings. The van der Waals surface area contributed by atoms with Crippen LogP contribution in [0.25, 0.3) is 0 Å². The van der Waals surface area contributed by atoms with Gasteiger partial charge in [0.05, 0.1) is 31.2 Å². The first-order chi connectivity index (χ1) is 8.61. The SMILES string of the molecule is COCC(C)OCC(O)CSCC(=O)NC1CC1. The first-order valence-corrected chi connectivity index (χ1v) is 7.43. The Morgan fingerprint density at radius 1 is 1.50 bits per heavy atom. The molecule has 2 atom stereocenters. The molecule has 1 aliphatic carbocycles. The van der Waals surface area contributed by atoms with E-state index in [4.69, 9.17) is 9.47 Å². The van der Waals surface area contributed by atoms with E-state index in [9.17, 15) is 9.90 Å². The van der Waals surface area contributed by atoms with Gasteiger partial charge < -0.3 is 19.9 Å². The van der Waals surface area contributed by atoms with Crippen LogP contribution in [0.1, 0.15) is 19.8 Å². The quantitative estimate of drug-likeness (QED) is 0.605. The van der Waals surface area contributed by atoms with Crippen molar-refractivity contribution in [2.45, 2.75) is 38.0 Å². The lowest BCUT2D eigenvalue weighted by molar-refractivity contribution is -0.118. The molecule has 0 aromatic heterocycles. The van der Waals surface area contributed by atoms with Crippen LogP contribution >= 0.6 is 11.8 Å². The van der Waals surface area contributed by atoms with Crippen molar-refractivity contribution in [1.29, 1.82) is 0 Å². The van der Waals surface area contributed by atoms with Gasteiger partial charge in [-0.25, -0.2) is 0 Å². The summed E-state index contributed by atoms with van der Waals surface area (Å²) < 4.78 is 10.3. The third-order valence-electron chi connectivity index (χ3n) is 2.46. The number of hydrogen-bond donors (Lipinski definition) is 2. The smallest absolute Gasteiger partial charge is 0.230 e. The highest BCUT2D eigenvalue weighted by atomic mass is 32.2. The molecule has 0 saturated heterocycles. The first-order valence-electron chi connectivity index (χ1n) is 6.27. The number of methoxy groups -OCH3 is 1. The predicted molar refractivity (Wildman–Crippen MR) is 71.8 cm³/mol. The van der Waals surface area contributed by atoms with E-state index >= 15 is 0 Å². The third-order valence-corrected chi connectivity index (χ3v) is 3.55. The lowest BCUT2D eigenvalue weighted by atomic mass is 10.4. The Morgan fingerprint density at radius 2 is 2.22 bits per heavy atom. The summed E-state index contributed by atoms with van der Waals surface area (Å²) in [7, 11) is 1.62. The molecule has 0 aliphatic heterocycles. The molecule has 0 radical (unpaired) electrons. The van der Waals surface area contributed by atoms with Crippen LogP contribution < -0.4 is 5.32 Å². The van der Waals surface area contributed by atoms with E-state index in [0.29, 0.717) is 24.2 Å². The summed E-state index contributed by atoms with van der Waals surface area (Å²) in [4.78, 5) is 11.4. The van der Waals surface area contributed by atoms with Crippen LogP contribution in [-0.2, 0) is 14.3 Å². The third kappa shape index (κ3) is 7.92. The second-order valence-corrected chi connectivity index (χ2v) is 5.64. The second-order valence-electron chi connectivity index (χ2n) is 4.61. The topological polar surface area (TPSA) is 67.8 Å². The number of aliphatic hydroxyl groups excluding tert-OH is 1. The van der Waals surface area contributed by atoms with Gasteiger partial charge in [-0.15, -0.1) is 11.8 Å². The number of amides is 1. The van der Waals surface area contributed by atoms with Gasteiger partial charge in [-0.3, -0.25) is 4.79 Å². The average molecular weight is 277 g/mol. The predicted octanol–water partition coefficient (Wildman–Crippen LogP) is 0.411. The molecule has 0 heterocycles. The minimum absolute atomic E-state index is 0.0205.